The third kappa shape index (κ3) is 1.99. The molecule has 13 heavy (non-hydrogen) atoms. The summed E-state index contributed by atoms with van der Waals surface area (Å²) in [6.45, 7) is 4.81. The van der Waals surface area contributed by atoms with Crippen molar-refractivity contribution in [2.24, 2.45) is 0 Å². The average Bonchev–Trinajstić information content (AvgIpc) is 2.08. The molecule has 0 unspecified atom stereocenters. The molecule has 0 radical (unpaired) electrons. The lowest BCUT2D eigenvalue weighted by atomic mass is 10.1. The van der Waals surface area contributed by atoms with Crippen molar-refractivity contribution < 1.29 is 13.6 Å². The van der Waals surface area contributed by atoms with Gasteiger partial charge in [0.2, 0.25) is 0 Å². The second-order valence-corrected chi connectivity index (χ2v) is 2.73. The molecule has 0 saturated carbocycles. The number of halogens is 2. The van der Waals surface area contributed by atoms with Gasteiger partial charge in [0, 0.05) is 0 Å². The van der Waals surface area contributed by atoms with E-state index in [1.807, 2.05) is 0 Å². The third-order valence-corrected chi connectivity index (χ3v) is 1.56. The molecule has 0 aliphatic heterocycles. The maximum atomic E-state index is 13.0. The minimum atomic E-state index is -0.727. The van der Waals surface area contributed by atoms with E-state index in [-0.39, 0.29) is 11.1 Å². The number of hydrogen-bond donors (Lipinski definition) is 0. The maximum absolute atomic E-state index is 13.0. The quantitative estimate of drug-likeness (QED) is 0.507. The van der Waals surface area contributed by atoms with Gasteiger partial charge in [-0.05, 0) is 30.7 Å². The van der Waals surface area contributed by atoms with Crippen LogP contribution in [0.3, 0.4) is 0 Å². The Kier molecular flexibility index (Phi) is 2.56. The number of allylic oxidation sites excluding steroid dienone is 1. The van der Waals surface area contributed by atoms with Gasteiger partial charge in [-0.2, -0.15) is 0 Å². The first-order chi connectivity index (χ1) is 6.02. The summed E-state index contributed by atoms with van der Waals surface area (Å²) in [5.74, 6) is -1.93. The zero-order valence-electron chi connectivity index (χ0n) is 7.10. The van der Waals surface area contributed by atoms with Crippen LogP contribution < -0.4 is 0 Å². The van der Waals surface area contributed by atoms with Crippen molar-refractivity contribution in [2.45, 2.75) is 6.92 Å². The van der Waals surface area contributed by atoms with Crippen molar-refractivity contribution in [3.8, 4) is 0 Å². The van der Waals surface area contributed by atoms with Crippen molar-refractivity contribution in [3.05, 3.63) is 47.5 Å². The normalized spacial score (nSPS) is 9.77. The van der Waals surface area contributed by atoms with E-state index in [1.54, 1.807) is 0 Å². The van der Waals surface area contributed by atoms with Gasteiger partial charge in [-0.15, -0.1) is 0 Å². The van der Waals surface area contributed by atoms with Gasteiger partial charge in [0.05, 0.1) is 5.56 Å². The predicted octanol–water partition coefficient (Wildman–Crippen LogP) is 2.72. The molecule has 0 aliphatic rings. The first kappa shape index (κ1) is 9.58. The van der Waals surface area contributed by atoms with Crippen molar-refractivity contribution >= 4 is 5.78 Å². The molecule has 1 nitrogen and oxygen atoms in total. The molecule has 3 heteroatoms. The van der Waals surface area contributed by atoms with E-state index in [0.29, 0.717) is 0 Å². The van der Waals surface area contributed by atoms with Gasteiger partial charge in [0.1, 0.15) is 11.6 Å². The fraction of sp³-hybridized carbons (Fsp3) is 0.100. The maximum Gasteiger partial charge on any atom is 0.191 e. The standard InChI is InChI=1S/C10H8F2O/c1-6(2)10(13)8-5-7(11)3-4-9(8)12/h3-5H,1H2,2H3. The molecule has 0 heterocycles. The van der Waals surface area contributed by atoms with Crippen LogP contribution in [0.2, 0.25) is 0 Å². The van der Waals surface area contributed by atoms with Crippen LogP contribution in [0.4, 0.5) is 8.78 Å². The van der Waals surface area contributed by atoms with Gasteiger partial charge in [-0.3, -0.25) is 4.79 Å². The number of carbonyl (C=O) groups excluding carboxylic acids is 1. The molecule has 68 valence electrons. The van der Waals surface area contributed by atoms with Gasteiger partial charge < -0.3 is 0 Å². The molecule has 0 atom stereocenters. The number of ketones is 1. The minimum Gasteiger partial charge on any atom is -0.289 e. The summed E-state index contributed by atoms with van der Waals surface area (Å²) in [5, 5.41) is 0. The van der Waals surface area contributed by atoms with Crippen LogP contribution in [-0.2, 0) is 0 Å². The highest BCUT2D eigenvalue weighted by atomic mass is 19.1. The van der Waals surface area contributed by atoms with Crippen LogP contribution in [0.15, 0.2) is 30.4 Å². The monoisotopic (exact) mass is 182 g/mol. The Bertz CT molecular complexity index is 369. The fourth-order valence-corrected chi connectivity index (χ4v) is 0.901. The number of hydrogen-bond acceptors (Lipinski definition) is 1. The van der Waals surface area contributed by atoms with Crippen LogP contribution in [0.5, 0.6) is 0 Å². The van der Waals surface area contributed by atoms with Crippen LogP contribution in [-0.4, -0.2) is 5.78 Å². The lowest BCUT2D eigenvalue weighted by Gasteiger charge is -2.00. The fourth-order valence-electron chi connectivity index (χ4n) is 0.901. The Morgan fingerprint density at radius 3 is 2.54 bits per heavy atom. The summed E-state index contributed by atoms with van der Waals surface area (Å²) in [7, 11) is 0. The Hall–Kier alpha value is -1.51. The zero-order chi connectivity index (χ0) is 10.0. The van der Waals surface area contributed by atoms with Crippen molar-refractivity contribution in [1.29, 1.82) is 0 Å². The third-order valence-electron chi connectivity index (χ3n) is 1.56. The minimum absolute atomic E-state index is 0.185. The Morgan fingerprint density at radius 2 is 2.00 bits per heavy atom. The molecule has 0 N–H and O–H groups in total. The van der Waals surface area contributed by atoms with E-state index in [0.717, 1.165) is 18.2 Å². The molecular formula is C10H8F2O. The van der Waals surface area contributed by atoms with E-state index < -0.39 is 17.4 Å². The van der Waals surface area contributed by atoms with Gasteiger partial charge in [0.15, 0.2) is 5.78 Å². The summed E-state index contributed by atoms with van der Waals surface area (Å²) >= 11 is 0. The molecule has 1 rings (SSSR count). The summed E-state index contributed by atoms with van der Waals surface area (Å²) < 4.78 is 25.6. The first-order valence-electron chi connectivity index (χ1n) is 3.67. The van der Waals surface area contributed by atoms with E-state index in [1.165, 1.54) is 6.92 Å². The van der Waals surface area contributed by atoms with Gasteiger partial charge in [-0.25, -0.2) is 8.78 Å². The predicted molar refractivity (Wildman–Crippen MR) is 45.5 cm³/mol. The summed E-state index contributed by atoms with van der Waals surface area (Å²) in [6, 6.07) is 2.75. The number of benzene rings is 1. The highest BCUT2D eigenvalue weighted by Gasteiger charge is 2.12. The lowest BCUT2D eigenvalue weighted by Crippen LogP contribution is -2.03. The SMILES string of the molecule is C=C(C)C(=O)c1cc(F)ccc1F. The van der Waals surface area contributed by atoms with Crippen LogP contribution >= 0.6 is 0 Å². The molecule has 0 aliphatic carbocycles. The summed E-state index contributed by atoms with van der Waals surface area (Å²) in [6.07, 6.45) is 0. The van der Waals surface area contributed by atoms with E-state index in [2.05, 4.69) is 6.58 Å². The number of Topliss-reactive ketones (excluding diaryl/α,β-unsaturated/α-hetero) is 1. The Morgan fingerprint density at radius 1 is 1.38 bits per heavy atom. The first-order valence-corrected chi connectivity index (χ1v) is 3.67. The topological polar surface area (TPSA) is 17.1 Å². The second-order valence-electron chi connectivity index (χ2n) is 2.73. The summed E-state index contributed by atoms with van der Waals surface area (Å²) in [4.78, 5) is 11.2. The smallest absolute Gasteiger partial charge is 0.191 e. The van der Waals surface area contributed by atoms with E-state index in [4.69, 9.17) is 0 Å². The summed E-state index contributed by atoms with van der Waals surface area (Å²) in [5.41, 5.74) is -0.0861. The van der Waals surface area contributed by atoms with E-state index in [9.17, 15) is 13.6 Å². The van der Waals surface area contributed by atoms with E-state index >= 15 is 0 Å². The van der Waals surface area contributed by atoms with Crippen LogP contribution in [0, 0.1) is 11.6 Å². The molecule has 0 fully saturated rings. The lowest BCUT2D eigenvalue weighted by molar-refractivity contribution is 0.103. The molecule has 0 bridgehead atoms. The molecule has 0 amide bonds. The highest BCUT2D eigenvalue weighted by Crippen LogP contribution is 2.13. The molecule has 0 saturated heterocycles. The zero-order valence-corrected chi connectivity index (χ0v) is 7.10. The molecule has 0 aromatic heterocycles. The molecule has 1 aromatic carbocycles. The van der Waals surface area contributed by atoms with Gasteiger partial charge in [-0.1, -0.05) is 6.58 Å². The Labute approximate surface area is 74.7 Å². The van der Waals surface area contributed by atoms with Gasteiger partial charge >= 0.3 is 0 Å². The van der Waals surface area contributed by atoms with Crippen molar-refractivity contribution in [1.82, 2.24) is 0 Å². The van der Waals surface area contributed by atoms with Crippen molar-refractivity contribution in [2.75, 3.05) is 0 Å². The number of carbonyl (C=O) groups is 1. The largest absolute Gasteiger partial charge is 0.289 e. The molecule has 1 aromatic rings. The Balaban J connectivity index is 3.21. The second kappa shape index (κ2) is 3.47. The van der Waals surface area contributed by atoms with Crippen LogP contribution in [0.1, 0.15) is 17.3 Å². The molecule has 0 spiro atoms. The highest BCUT2D eigenvalue weighted by molar-refractivity contribution is 6.08. The molecular weight excluding hydrogens is 174 g/mol. The number of rotatable bonds is 2. The van der Waals surface area contributed by atoms with Gasteiger partial charge in [0.25, 0.3) is 0 Å². The van der Waals surface area contributed by atoms with Crippen LogP contribution in [0.25, 0.3) is 0 Å². The van der Waals surface area contributed by atoms with Crippen molar-refractivity contribution in [3.63, 3.8) is 0 Å². The average molecular weight is 182 g/mol.